The fourth-order valence-corrected chi connectivity index (χ4v) is 5.21. The highest BCUT2D eigenvalue weighted by molar-refractivity contribution is 5.79. The van der Waals surface area contributed by atoms with Crippen molar-refractivity contribution in [1.29, 1.82) is 0 Å². The molecule has 108 valence electrons. The van der Waals surface area contributed by atoms with Crippen LogP contribution in [0.1, 0.15) is 39.0 Å². The van der Waals surface area contributed by atoms with Crippen molar-refractivity contribution in [3.05, 3.63) is 0 Å². The third-order valence-corrected chi connectivity index (χ3v) is 5.88. The minimum atomic E-state index is 0.336. The fraction of sp³-hybridized carbons (Fsp3) is 0.938. The van der Waals surface area contributed by atoms with Gasteiger partial charge in [0, 0.05) is 19.5 Å². The van der Waals surface area contributed by atoms with Crippen LogP contribution < -0.4 is 5.73 Å². The van der Waals surface area contributed by atoms with E-state index in [0.717, 1.165) is 18.4 Å². The Morgan fingerprint density at radius 1 is 1.16 bits per heavy atom. The molecule has 0 spiro atoms. The maximum absolute atomic E-state index is 12.8. The molecule has 0 aromatic carbocycles. The molecule has 0 saturated heterocycles. The van der Waals surface area contributed by atoms with E-state index in [1.54, 1.807) is 0 Å². The molecule has 0 aliphatic heterocycles. The normalized spacial score (nSPS) is 41.3. The molecule has 1 atom stereocenters. The van der Waals surface area contributed by atoms with Crippen LogP contribution in [0, 0.1) is 35.5 Å². The lowest BCUT2D eigenvalue weighted by Gasteiger charge is -2.54. The predicted octanol–water partition coefficient (Wildman–Crippen LogP) is 2.11. The summed E-state index contributed by atoms with van der Waals surface area (Å²) < 4.78 is 0. The van der Waals surface area contributed by atoms with Gasteiger partial charge in [0.05, 0.1) is 0 Å². The predicted molar refractivity (Wildman–Crippen MR) is 76.4 cm³/mol. The Balaban J connectivity index is 1.67. The van der Waals surface area contributed by atoms with Gasteiger partial charge < -0.3 is 10.6 Å². The molecule has 4 bridgehead atoms. The molecule has 4 fully saturated rings. The summed E-state index contributed by atoms with van der Waals surface area (Å²) in [6.45, 7) is 3.61. The molecule has 3 nitrogen and oxygen atoms in total. The van der Waals surface area contributed by atoms with Gasteiger partial charge in [0.15, 0.2) is 0 Å². The molecule has 0 aromatic heterocycles. The van der Waals surface area contributed by atoms with E-state index in [2.05, 4.69) is 6.92 Å². The van der Waals surface area contributed by atoms with Crippen LogP contribution in [0.3, 0.4) is 0 Å². The lowest BCUT2D eigenvalue weighted by Crippen LogP contribution is -2.51. The van der Waals surface area contributed by atoms with Crippen molar-refractivity contribution in [2.75, 3.05) is 20.1 Å². The number of rotatable bonds is 4. The van der Waals surface area contributed by atoms with Gasteiger partial charge >= 0.3 is 0 Å². The van der Waals surface area contributed by atoms with Gasteiger partial charge in [0.25, 0.3) is 0 Å². The van der Waals surface area contributed by atoms with Crippen LogP contribution in [0.25, 0.3) is 0 Å². The van der Waals surface area contributed by atoms with Crippen molar-refractivity contribution < 1.29 is 4.79 Å². The molecule has 4 rings (SSSR count). The molecular weight excluding hydrogens is 236 g/mol. The molecule has 19 heavy (non-hydrogen) atoms. The van der Waals surface area contributed by atoms with Gasteiger partial charge in [-0.05, 0) is 68.2 Å². The largest absolute Gasteiger partial charge is 0.345 e. The molecule has 4 aliphatic carbocycles. The number of amides is 1. The zero-order valence-corrected chi connectivity index (χ0v) is 12.3. The minimum Gasteiger partial charge on any atom is -0.345 e. The van der Waals surface area contributed by atoms with Crippen LogP contribution in [0.15, 0.2) is 0 Å². The van der Waals surface area contributed by atoms with Gasteiger partial charge in [-0.3, -0.25) is 4.79 Å². The highest BCUT2D eigenvalue weighted by Crippen LogP contribution is 2.56. The van der Waals surface area contributed by atoms with Crippen molar-refractivity contribution in [3.63, 3.8) is 0 Å². The summed E-state index contributed by atoms with van der Waals surface area (Å²) in [7, 11) is 1.97. The maximum atomic E-state index is 12.8. The van der Waals surface area contributed by atoms with E-state index < -0.39 is 0 Å². The molecule has 2 N–H and O–H groups in total. The van der Waals surface area contributed by atoms with E-state index in [1.165, 1.54) is 32.1 Å². The Labute approximate surface area is 116 Å². The van der Waals surface area contributed by atoms with Crippen molar-refractivity contribution >= 4 is 5.91 Å². The van der Waals surface area contributed by atoms with E-state index in [4.69, 9.17) is 5.73 Å². The maximum Gasteiger partial charge on any atom is 0.225 e. The first kappa shape index (κ1) is 13.4. The highest BCUT2D eigenvalue weighted by atomic mass is 16.2. The summed E-state index contributed by atoms with van der Waals surface area (Å²) in [5.74, 6) is 4.43. The summed E-state index contributed by atoms with van der Waals surface area (Å²) >= 11 is 0. The molecule has 0 aromatic rings. The quantitative estimate of drug-likeness (QED) is 0.845. The van der Waals surface area contributed by atoms with Gasteiger partial charge in [0.1, 0.15) is 0 Å². The summed E-state index contributed by atoms with van der Waals surface area (Å²) in [5.41, 5.74) is 5.68. The summed E-state index contributed by atoms with van der Waals surface area (Å²) in [6.07, 6.45) is 6.74. The van der Waals surface area contributed by atoms with E-state index in [9.17, 15) is 4.79 Å². The van der Waals surface area contributed by atoms with E-state index in [1.807, 2.05) is 11.9 Å². The lowest BCUT2D eigenvalue weighted by molar-refractivity contribution is -0.148. The second-order valence-corrected chi connectivity index (χ2v) is 7.52. The fourth-order valence-electron chi connectivity index (χ4n) is 5.21. The number of hydrogen-bond donors (Lipinski definition) is 1. The third-order valence-electron chi connectivity index (χ3n) is 5.88. The first-order chi connectivity index (χ1) is 9.08. The second kappa shape index (κ2) is 5.08. The van der Waals surface area contributed by atoms with Gasteiger partial charge in [-0.15, -0.1) is 0 Å². The Morgan fingerprint density at radius 3 is 2.16 bits per heavy atom. The van der Waals surface area contributed by atoms with Crippen LogP contribution in [-0.2, 0) is 4.79 Å². The van der Waals surface area contributed by atoms with Gasteiger partial charge in [0.2, 0.25) is 5.91 Å². The lowest BCUT2D eigenvalue weighted by atomic mass is 9.51. The van der Waals surface area contributed by atoms with Crippen molar-refractivity contribution in [2.24, 2.45) is 41.2 Å². The topological polar surface area (TPSA) is 46.3 Å². The zero-order valence-electron chi connectivity index (χ0n) is 12.3. The number of hydrogen-bond acceptors (Lipinski definition) is 2. The molecule has 4 aliphatic rings. The van der Waals surface area contributed by atoms with Crippen molar-refractivity contribution in [2.45, 2.75) is 39.0 Å². The Bertz CT molecular complexity index is 327. The van der Waals surface area contributed by atoms with E-state index in [-0.39, 0.29) is 0 Å². The number of nitrogens with zero attached hydrogens (tertiary/aromatic N) is 1. The van der Waals surface area contributed by atoms with Crippen molar-refractivity contribution in [1.82, 2.24) is 4.90 Å². The Kier molecular flexibility index (Phi) is 3.59. The SMILES string of the molecule is CC(CN)CN(C)C(=O)C1C2CC3CC(C2)CC1C3. The second-order valence-electron chi connectivity index (χ2n) is 7.52. The van der Waals surface area contributed by atoms with Gasteiger partial charge in [-0.2, -0.15) is 0 Å². The molecule has 4 saturated carbocycles. The number of carbonyl (C=O) groups is 1. The smallest absolute Gasteiger partial charge is 0.225 e. The molecule has 0 radical (unpaired) electrons. The average Bonchev–Trinajstić information content (AvgIpc) is 2.36. The first-order valence-electron chi connectivity index (χ1n) is 8.03. The minimum absolute atomic E-state index is 0.336. The molecule has 1 unspecified atom stereocenters. The van der Waals surface area contributed by atoms with Crippen LogP contribution in [0.2, 0.25) is 0 Å². The highest BCUT2D eigenvalue weighted by Gasteiger charge is 2.51. The molecule has 3 heteroatoms. The average molecular weight is 264 g/mol. The van der Waals surface area contributed by atoms with E-state index >= 15 is 0 Å². The standard InChI is InChI=1S/C16H28N2O/c1-10(8-17)9-18(2)16(19)15-13-4-11-3-12(6-13)7-14(15)5-11/h10-15H,3-9,17H2,1-2H3. The van der Waals surface area contributed by atoms with Crippen LogP contribution >= 0.6 is 0 Å². The Morgan fingerprint density at radius 2 is 1.68 bits per heavy atom. The van der Waals surface area contributed by atoms with Crippen LogP contribution in [-0.4, -0.2) is 30.9 Å². The van der Waals surface area contributed by atoms with Crippen LogP contribution in [0.4, 0.5) is 0 Å². The van der Waals surface area contributed by atoms with Crippen LogP contribution in [0.5, 0.6) is 0 Å². The molecule has 0 heterocycles. The number of carbonyl (C=O) groups excluding carboxylic acids is 1. The molecular formula is C16H28N2O. The molecule has 1 amide bonds. The first-order valence-corrected chi connectivity index (χ1v) is 8.03. The van der Waals surface area contributed by atoms with Crippen molar-refractivity contribution in [3.8, 4) is 0 Å². The Hall–Kier alpha value is -0.570. The summed E-state index contributed by atoms with van der Waals surface area (Å²) in [5, 5.41) is 0. The van der Waals surface area contributed by atoms with Gasteiger partial charge in [-0.25, -0.2) is 0 Å². The monoisotopic (exact) mass is 264 g/mol. The zero-order chi connectivity index (χ0) is 13.6. The third kappa shape index (κ3) is 2.42. The summed E-state index contributed by atoms with van der Waals surface area (Å²) in [4.78, 5) is 14.7. The van der Waals surface area contributed by atoms with Gasteiger partial charge in [-0.1, -0.05) is 6.92 Å². The summed E-state index contributed by atoms with van der Waals surface area (Å²) in [6, 6.07) is 0. The van der Waals surface area contributed by atoms with E-state index in [0.29, 0.717) is 36.1 Å². The number of nitrogens with two attached hydrogens (primary N) is 1.